The van der Waals surface area contributed by atoms with E-state index in [1.165, 1.54) is 41.5 Å². The second-order valence-corrected chi connectivity index (χ2v) is 6.37. The van der Waals surface area contributed by atoms with Gasteiger partial charge in [-0.25, -0.2) is 0 Å². The Bertz CT molecular complexity index is 310. The first-order valence-electron chi connectivity index (χ1n) is 5.68. The Balaban J connectivity index is 1.88. The van der Waals surface area contributed by atoms with E-state index in [0.717, 1.165) is 12.0 Å². The Hall–Kier alpha value is 0.140. The van der Waals surface area contributed by atoms with Gasteiger partial charge < -0.3 is 5.32 Å². The van der Waals surface area contributed by atoms with E-state index in [2.05, 4.69) is 39.7 Å². The Morgan fingerprint density at radius 1 is 1.53 bits per heavy atom. The number of halogens is 1. The molecule has 0 saturated heterocycles. The van der Waals surface area contributed by atoms with Crippen molar-refractivity contribution in [2.75, 3.05) is 7.05 Å². The summed E-state index contributed by atoms with van der Waals surface area (Å²) in [7, 11) is 2.09. The molecule has 1 aromatic rings. The highest BCUT2D eigenvalue weighted by molar-refractivity contribution is 9.10. The third-order valence-corrected chi connectivity index (χ3v) is 5.02. The average Bonchev–Trinajstić information content (AvgIpc) is 2.64. The molecule has 84 valence electrons. The van der Waals surface area contributed by atoms with Crippen LogP contribution in [0.3, 0.4) is 0 Å². The molecule has 2 rings (SSSR count). The van der Waals surface area contributed by atoms with Crippen molar-refractivity contribution in [1.82, 2.24) is 5.32 Å². The SMILES string of the molecule is CNC1CCCC(Cc2cc(Br)cs2)C1. The van der Waals surface area contributed by atoms with Crippen molar-refractivity contribution in [2.24, 2.45) is 5.92 Å². The van der Waals surface area contributed by atoms with Gasteiger partial charge in [0.25, 0.3) is 0 Å². The van der Waals surface area contributed by atoms with Crippen LogP contribution >= 0.6 is 27.3 Å². The molecule has 1 aliphatic carbocycles. The van der Waals surface area contributed by atoms with Gasteiger partial charge in [0.05, 0.1) is 0 Å². The van der Waals surface area contributed by atoms with E-state index in [9.17, 15) is 0 Å². The first-order valence-corrected chi connectivity index (χ1v) is 7.35. The summed E-state index contributed by atoms with van der Waals surface area (Å²) in [6.45, 7) is 0. The Morgan fingerprint density at radius 3 is 3.07 bits per heavy atom. The van der Waals surface area contributed by atoms with Crippen molar-refractivity contribution >= 4 is 27.3 Å². The first-order chi connectivity index (χ1) is 7.28. The number of thiophene rings is 1. The lowest BCUT2D eigenvalue weighted by Gasteiger charge is -2.28. The van der Waals surface area contributed by atoms with Crippen LogP contribution in [0.25, 0.3) is 0 Å². The molecule has 0 aromatic carbocycles. The predicted molar refractivity (Wildman–Crippen MR) is 70.5 cm³/mol. The number of hydrogen-bond acceptors (Lipinski definition) is 2. The van der Waals surface area contributed by atoms with E-state index in [1.807, 2.05) is 11.3 Å². The summed E-state index contributed by atoms with van der Waals surface area (Å²) >= 11 is 5.41. The molecule has 1 N–H and O–H groups in total. The normalized spacial score (nSPS) is 26.8. The van der Waals surface area contributed by atoms with Gasteiger partial charge in [-0.1, -0.05) is 6.42 Å². The fourth-order valence-electron chi connectivity index (χ4n) is 2.48. The van der Waals surface area contributed by atoms with Gasteiger partial charge in [0.15, 0.2) is 0 Å². The smallest absolute Gasteiger partial charge is 0.0285 e. The molecular formula is C12H18BrNS. The van der Waals surface area contributed by atoms with Crippen LogP contribution in [0.4, 0.5) is 0 Å². The zero-order valence-electron chi connectivity index (χ0n) is 9.13. The van der Waals surface area contributed by atoms with Gasteiger partial charge in [-0.2, -0.15) is 0 Å². The summed E-state index contributed by atoms with van der Waals surface area (Å²) in [5.41, 5.74) is 0. The minimum atomic E-state index is 0.757. The fraction of sp³-hybridized carbons (Fsp3) is 0.667. The minimum absolute atomic E-state index is 0.757. The van der Waals surface area contributed by atoms with Crippen LogP contribution in [0.2, 0.25) is 0 Å². The summed E-state index contributed by atoms with van der Waals surface area (Å²) in [6, 6.07) is 3.03. The van der Waals surface area contributed by atoms with E-state index in [4.69, 9.17) is 0 Å². The molecule has 0 bridgehead atoms. The Labute approximate surface area is 104 Å². The van der Waals surface area contributed by atoms with Crippen LogP contribution in [-0.4, -0.2) is 13.1 Å². The van der Waals surface area contributed by atoms with Crippen molar-refractivity contribution in [3.8, 4) is 0 Å². The van der Waals surface area contributed by atoms with Gasteiger partial charge in [0, 0.05) is 20.8 Å². The third kappa shape index (κ3) is 3.30. The standard InChI is InChI=1S/C12H18BrNS/c1-14-11-4-2-3-9(5-11)6-12-7-10(13)8-15-12/h7-9,11,14H,2-6H2,1H3. The third-order valence-electron chi connectivity index (χ3n) is 3.30. The largest absolute Gasteiger partial charge is 0.317 e. The summed E-state index contributed by atoms with van der Waals surface area (Å²) in [5, 5.41) is 5.61. The maximum absolute atomic E-state index is 3.52. The second kappa shape index (κ2) is 5.46. The molecule has 2 atom stereocenters. The Kier molecular flexibility index (Phi) is 4.23. The van der Waals surface area contributed by atoms with Gasteiger partial charge in [0.1, 0.15) is 0 Å². The van der Waals surface area contributed by atoms with Gasteiger partial charge >= 0.3 is 0 Å². The van der Waals surface area contributed by atoms with Gasteiger partial charge in [-0.05, 0) is 60.6 Å². The molecule has 1 heterocycles. The topological polar surface area (TPSA) is 12.0 Å². The van der Waals surface area contributed by atoms with Crippen LogP contribution in [0, 0.1) is 5.92 Å². The highest BCUT2D eigenvalue weighted by Crippen LogP contribution is 2.30. The molecule has 1 nitrogen and oxygen atoms in total. The minimum Gasteiger partial charge on any atom is -0.317 e. The number of rotatable bonds is 3. The monoisotopic (exact) mass is 287 g/mol. The van der Waals surface area contributed by atoms with Crippen molar-refractivity contribution < 1.29 is 0 Å². The van der Waals surface area contributed by atoms with Crippen molar-refractivity contribution in [2.45, 2.75) is 38.1 Å². The van der Waals surface area contributed by atoms with Crippen molar-refractivity contribution in [3.63, 3.8) is 0 Å². The highest BCUT2D eigenvalue weighted by atomic mass is 79.9. The van der Waals surface area contributed by atoms with E-state index >= 15 is 0 Å². The lowest BCUT2D eigenvalue weighted by Crippen LogP contribution is -2.31. The van der Waals surface area contributed by atoms with E-state index in [-0.39, 0.29) is 0 Å². The fourth-order valence-corrected chi connectivity index (χ4v) is 4.05. The van der Waals surface area contributed by atoms with Gasteiger partial charge in [-0.3, -0.25) is 0 Å². The average molecular weight is 288 g/mol. The quantitative estimate of drug-likeness (QED) is 0.891. The molecule has 0 amide bonds. The molecule has 0 aliphatic heterocycles. The maximum Gasteiger partial charge on any atom is 0.0285 e. The van der Waals surface area contributed by atoms with E-state index in [0.29, 0.717) is 0 Å². The molecule has 1 aliphatic rings. The molecule has 2 unspecified atom stereocenters. The van der Waals surface area contributed by atoms with Crippen LogP contribution in [0.5, 0.6) is 0 Å². The zero-order chi connectivity index (χ0) is 10.7. The summed E-state index contributed by atoms with van der Waals surface area (Å²) < 4.78 is 1.24. The predicted octanol–water partition coefficient (Wildman–Crippen LogP) is 3.83. The van der Waals surface area contributed by atoms with Crippen LogP contribution in [0.1, 0.15) is 30.6 Å². The van der Waals surface area contributed by atoms with Crippen LogP contribution in [0.15, 0.2) is 15.9 Å². The lowest BCUT2D eigenvalue weighted by atomic mass is 9.83. The maximum atomic E-state index is 3.52. The number of nitrogens with one attached hydrogen (secondary N) is 1. The molecule has 0 spiro atoms. The summed E-state index contributed by atoms with van der Waals surface area (Å²) in [4.78, 5) is 1.53. The first kappa shape index (κ1) is 11.6. The van der Waals surface area contributed by atoms with E-state index in [1.54, 1.807) is 0 Å². The molecule has 1 saturated carbocycles. The molecule has 1 fully saturated rings. The number of hydrogen-bond donors (Lipinski definition) is 1. The zero-order valence-corrected chi connectivity index (χ0v) is 11.5. The van der Waals surface area contributed by atoms with Gasteiger partial charge in [-0.15, -0.1) is 11.3 Å². The summed E-state index contributed by atoms with van der Waals surface area (Å²) in [5.74, 6) is 0.891. The molecular weight excluding hydrogens is 270 g/mol. The van der Waals surface area contributed by atoms with E-state index < -0.39 is 0 Å². The Morgan fingerprint density at radius 2 is 2.40 bits per heavy atom. The molecule has 1 aromatic heterocycles. The molecule has 15 heavy (non-hydrogen) atoms. The van der Waals surface area contributed by atoms with Gasteiger partial charge in [0.2, 0.25) is 0 Å². The summed E-state index contributed by atoms with van der Waals surface area (Å²) in [6.07, 6.45) is 6.79. The lowest BCUT2D eigenvalue weighted by molar-refractivity contribution is 0.295. The van der Waals surface area contributed by atoms with Crippen LogP contribution < -0.4 is 5.32 Å². The highest BCUT2D eigenvalue weighted by Gasteiger charge is 2.21. The van der Waals surface area contributed by atoms with Crippen LogP contribution in [-0.2, 0) is 6.42 Å². The van der Waals surface area contributed by atoms with Crippen molar-refractivity contribution in [3.05, 3.63) is 20.8 Å². The second-order valence-electron chi connectivity index (χ2n) is 4.45. The molecule has 3 heteroatoms. The van der Waals surface area contributed by atoms with Crippen molar-refractivity contribution in [1.29, 1.82) is 0 Å². The molecule has 0 radical (unpaired) electrons.